The summed E-state index contributed by atoms with van der Waals surface area (Å²) in [6.07, 6.45) is -2.00. The highest BCUT2D eigenvalue weighted by Gasteiger charge is 2.43. The van der Waals surface area contributed by atoms with Crippen molar-refractivity contribution in [1.82, 2.24) is 40.2 Å². The molecule has 0 radical (unpaired) electrons. The van der Waals surface area contributed by atoms with Gasteiger partial charge in [-0.2, -0.15) is 0 Å². The van der Waals surface area contributed by atoms with Gasteiger partial charge in [-0.05, 0) is 129 Å². The molecular weight excluding hydrogens is 1010 g/mol. The van der Waals surface area contributed by atoms with Crippen molar-refractivity contribution in [3.8, 4) is 11.4 Å². The van der Waals surface area contributed by atoms with Gasteiger partial charge in [0.1, 0.15) is 59.2 Å². The van der Waals surface area contributed by atoms with E-state index in [4.69, 9.17) is 18.9 Å². The average molecular weight is 1090 g/mol. The van der Waals surface area contributed by atoms with E-state index < -0.39 is 119 Å². The van der Waals surface area contributed by atoms with Crippen molar-refractivity contribution in [1.29, 1.82) is 0 Å². The molecule has 0 bridgehead atoms. The number of ether oxygens (including phenoxy) is 4. The number of hydrogen-bond acceptors (Lipinski definition) is 12. The molecule has 2 fully saturated rings. The van der Waals surface area contributed by atoms with Gasteiger partial charge in [-0.1, -0.05) is 13.8 Å². The van der Waals surface area contributed by atoms with E-state index in [2.05, 4.69) is 20.6 Å². The summed E-state index contributed by atoms with van der Waals surface area (Å²) in [4.78, 5) is 120. The van der Waals surface area contributed by atoms with Crippen molar-refractivity contribution in [2.75, 3.05) is 27.2 Å². The fourth-order valence-corrected chi connectivity index (χ4v) is 10.1. The zero-order valence-electron chi connectivity index (χ0n) is 47.2. The number of esters is 2. The SMILES string of the molecule is CCC(NC(=O)[C@H](C)N(C)C(=O)OC(C)(C)C)C(=O)N1C[C@@H](OC(C)=O)C[C@H]1Cc1c(-c2[nH]c3cc(F)ccc3c2C[C@@H]2C[C@H](OC(C)=O)CN2C(=O)[C@H](CC)NC(=O)[C@H](C)N(C)C(=O)OC(C)(C)C)[nH]c2cc(F)ccc12. The van der Waals surface area contributed by atoms with Crippen molar-refractivity contribution in [3.05, 3.63) is 59.2 Å². The summed E-state index contributed by atoms with van der Waals surface area (Å²) in [6.45, 7) is 19.2. The first-order chi connectivity index (χ1) is 36.4. The fraction of sp³-hybridized carbons (Fsp3) is 0.571. The van der Waals surface area contributed by atoms with Crippen LogP contribution >= 0.6 is 0 Å². The number of likely N-dealkylation sites (tertiary alicyclic amines) is 2. The van der Waals surface area contributed by atoms with Crippen LogP contribution in [0.2, 0.25) is 0 Å². The summed E-state index contributed by atoms with van der Waals surface area (Å²) in [5, 5.41) is 6.80. The van der Waals surface area contributed by atoms with Crippen LogP contribution in [-0.4, -0.2) is 164 Å². The lowest BCUT2D eigenvalue weighted by Gasteiger charge is -2.31. The van der Waals surface area contributed by atoms with Gasteiger partial charge >= 0.3 is 24.1 Å². The first kappa shape index (κ1) is 60.0. The van der Waals surface area contributed by atoms with Crippen molar-refractivity contribution >= 4 is 69.6 Å². The molecule has 6 amide bonds. The van der Waals surface area contributed by atoms with E-state index >= 15 is 8.78 Å². The fourth-order valence-electron chi connectivity index (χ4n) is 10.1. The predicted octanol–water partition coefficient (Wildman–Crippen LogP) is 7.05. The van der Waals surface area contributed by atoms with Crippen LogP contribution in [0, 0.1) is 11.6 Å². The normalized spacial score (nSPS) is 19.2. The number of aromatic amines is 2. The smallest absolute Gasteiger partial charge is 0.410 e. The third kappa shape index (κ3) is 14.3. The molecule has 20 nitrogen and oxygen atoms in total. The molecule has 0 aliphatic carbocycles. The number of rotatable bonds is 17. The van der Waals surface area contributed by atoms with Crippen molar-refractivity contribution in [3.63, 3.8) is 0 Å². The maximum absolute atomic E-state index is 15.2. The van der Waals surface area contributed by atoms with Crippen LogP contribution in [0.4, 0.5) is 18.4 Å². The molecule has 1 unspecified atom stereocenters. The van der Waals surface area contributed by atoms with Crippen LogP contribution < -0.4 is 10.6 Å². The number of nitrogens with zero attached hydrogens (tertiary/aromatic N) is 4. The second kappa shape index (κ2) is 24.2. The Labute approximate surface area is 453 Å². The Morgan fingerprint density at radius 3 is 1.28 bits per heavy atom. The Morgan fingerprint density at radius 1 is 0.628 bits per heavy atom. The zero-order chi connectivity index (χ0) is 57.9. The summed E-state index contributed by atoms with van der Waals surface area (Å²) < 4.78 is 52.7. The number of amides is 6. The lowest BCUT2D eigenvalue weighted by molar-refractivity contribution is -0.147. The second-order valence-corrected chi connectivity index (χ2v) is 22.4. The molecule has 426 valence electrons. The monoisotopic (exact) mass is 1090 g/mol. The lowest BCUT2D eigenvalue weighted by Crippen LogP contribution is -2.55. The molecule has 6 rings (SSSR count). The van der Waals surface area contributed by atoms with Gasteiger partial charge in [0.2, 0.25) is 23.6 Å². The van der Waals surface area contributed by atoms with Gasteiger partial charge in [-0.25, -0.2) is 18.4 Å². The summed E-state index contributed by atoms with van der Waals surface area (Å²) in [5.41, 5.74) is 1.29. The van der Waals surface area contributed by atoms with Crippen LogP contribution in [0.25, 0.3) is 33.2 Å². The molecule has 8 atom stereocenters. The predicted molar refractivity (Wildman–Crippen MR) is 286 cm³/mol. The molecule has 2 aliphatic heterocycles. The number of nitrogens with one attached hydrogen (secondary N) is 4. The second-order valence-electron chi connectivity index (χ2n) is 22.4. The molecule has 0 saturated carbocycles. The van der Waals surface area contributed by atoms with Gasteiger partial charge < -0.3 is 49.3 Å². The third-order valence-electron chi connectivity index (χ3n) is 14.2. The minimum Gasteiger partial charge on any atom is -0.461 e. The van der Waals surface area contributed by atoms with Crippen molar-refractivity contribution in [2.45, 2.75) is 181 Å². The number of hydrogen-bond donors (Lipinski definition) is 4. The van der Waals surface area contributed by atoms with E-state index in [0.717, 1.165) is 9.80 Å². The first-order valence-electron chi connectivity index (χ1n) is 26.5. The molecule has 4 heterocycles. The number of H-pyrrole nitrogens is 2. The average Bonchev–Trinajstić information content (AvgIpc) is 4.21. The summed E-state index contributed by atoms with van der Waals surface area (Å²) in [7, 11) is 2.85. The summed E-state index contributed by atoms with van der Waals surface area (Å²) >= 11 is 0. The van der Waals surface area contributed by atoms with E-state index in [0.29, 0.717) is 44.3 Å². The highest BCUT2D eigenvalue weighted by Crippen LogP contribution is 2.40. The summed E-state index contributed by atoms with van der Waals surface area (Å²) in [6, 6.07) is 2.98. The zero-order valence-corrected chi connectivity index (χ0v) is 47.2. The number of carbonyl (C=O) groups excluding carboxylic acids is 8. The van der Waals surface area contributed by atoms with Crippen molar-refractivity contribution in [2.24, 2.45) is 0 Å². The van der Waals surface area contributed by atoms with Crippen LogP contribution in [0.1, 0.15) is 120 Å². The molecule has 78 heavy (non-hydrogen) atoms. The molecule has 4 N–H and O–H groups in total. The highest BCUT2D eigenvalue weighted by molar-refractivity contribution is 5.97. The number of halogens is 2. The largest absolute Gasteiger partial charge is 0.461 e. The molecule has 2 saturated heterocycles. The van der Waals surface area contributed by atoms with Crippen LogP contribution in [0.5, 0.6) is 0 Å². The van der Waals surface area contributed by atoms with E-state index in [1.807, 2.05) is 0 Å². The van der Waals surface area contributed by atoms with E-state index in [1.54, 1.807) is 77.3 Å². The molecule has 2 aromatic carbocycles. The maximum Gasteiger partial charge on any atom is 0.410 e. The minimum absolute atomic E-state index is 0.0142. The Bertz CT molecular complexity index is 2730. The number of likely N-dealkylation sites (N-methyl/N-ethyl adjacent to an activating group) is 2. The Balaban J connectivity index is 1.38. The molecule has 0 spiro atoms. The minimum atomic E-state index is -1.06. The van der Waals surface area contributed by atoms with E-state index in [-0.39, 0.29) is 51.6 Å². The van der Waals surface area contributed by atoms with Crippen LogP contribution in [0.3, 0.4) is 0 Å². The molecular formula is C56H76F2N8O12. The Hall–Kier alpha value is -7.26. The third-order valence-corrected chi connectivity index (χ3v) is 14.2. The standard InChI is InChI=1S/C56H76F2N8O12/c1-15-43(61-49(69)29(3)63(13)53(73)77-55(7,8)9)51(71)65-27-37(75-31(5)67)23-35(65)25-41-39-19-17-33(57)21-45(39)59-47(41)48-42(40-20-18-34(58)22-46(40)60-48)26-36-24-38(76-32(6)68)28-66(36)52(72)44(16-2)62-50(70)30(4)64(14)54(74)78-56(10,11)12/h17-22,29-30,35-38,43-44,59-60H,15-16,23-28H2,1-14H3,(H,61,69)(H,62,70)/t29-,30-,35-,36-,37-,38-,43-,44?/m0/s1. The summed E-state index contributed by atoms with van der Waals surface area (Å²) in [5.74, 6) is -4.34. The number of carbonyl (C=O) groups is 8. The van der Waals surface area contributed by atoms with Crippen LogP contribution in [-0.2, 0) is 60.6 Å². The van der Waals surface area contributed by atoms with Gasteiger partial charge in [-0.3, -0.25) is 38.6 Å². The number of aromatic nitrogens is 2. The molecule has 2 aliphatic rings. The number of benzene rings is 2. The maximum atomic E-state index is 15.2. The lowest BCUT2D eigenvalue weighted by atomic mass is 9.94. The van der Waals surface area contributed by atoms with E-state index in [9.17, 15) is 38.4 Å². The van der Waals surface area contributed by atoms with E-state index in [1.165, 1.54) is 66.1 Å². The topological polar surface area (TPSA) is 242 Å². The van der Waals surface area contributed by atoms with Crippen LogP contribution in [0.15, 0.2) is 36.4 Å². The molecule has 22 heteroatoms. The Kier molecular flexibility index (Phi) is 18.6. The van der Waals surface area contributed by atoms with Gasteiger partial charge in [-0.15, -0.1) is 0 Å². The van der Waals surface area contributed by atoms with Gasteiger partial charge in [0.05, 0.1) is 24.5 Å². The van der Waals surface area contributed by atoms with Gasteiger partial charge in [0.15, 0.2) is 0 Å². The highest BCUT2D eigenvalue weighted by atomic mass is 19.1. The first-order valence-corrected chi connectivity index (χ1v) is 26.5. The Morgan fingerprint density at radius 2 is 0.974 bits per heavy atom. The molecule has 4 aromatic rings. The van der Waals surface area contributed by atoms with Gasteiger partial charge in [0, 0.05) is 74.7 Å². The van der Waals surface area contributed by atoms with Gasteiger partial charge in [0.25, 0.3) is 0 Å². The van der Waals surface area contributed by atoms with Crippen molar-refractivity contribution < 1.29 is 66.1 Å². The number of fused-ring (bicyclic) bond motifs is 2. The molecule has 2 aromatic heterocycles. The quantitative estimate of drug-likeness (QED) is 0.0615.